The number of aryl methyl sites for hydroxylation is 1. The van der Waals surface area contributed by atoms with E-state index < -0.39 is 0 Å². The van der Waals surface area contributed by atoms with E-state index in [4.69, 9.17) is 4.74 Å². The fourth-order valence-electron chi connectivity index (χ4n) is 2.37. The number of amides is 1. The monoisotopic (exact) mass is 353 g/mol. The highest BCUT2D eigenvalue weighted by Gasteiger charge is 2.16. The van der Waals surface area contributed by atoms with Crippen molar-refractivity contribution in [3.8, 4) is 16.3 Å². The third-order valence-electron chi connectivity index (χ3n) is 3.88. The Hall–Kier alpha value is -2.73. The fourth-order valence-corrected chi connectivity index (χ4v) is 3.20. The van der Waals surface area contributed by atoms with Crippen molar-refractivity contribution in [2.45, 2.75) is 12.8 Å². The standard InChI is InChI=1S/C19H19N3O2S/c1-22(17(23)13-8-14-6-4-3-5-7-14)19-21-20-18(25-19)15-9-11-16(24-2)12-10-15/h3-7,9-12H,8,13H2,1-2H3. The van der Waals surface area contributed by atoms with E-state index in [1.807, 2.05) is 54.6 Å². The lowest BCUT2D eigenvalue weighted by atomic mass is 10.1. The SMILES string of the molecule is COc1ccc(-c2nnc(N(C)C(=O)CCc3ccccc3)s2)cc1. The summed E-state index contributed by atoms with van der Waals surface area (Å²) < 4.78 is 5.16. The Morgan fingerprint density at radius 3 is 2.48 bits per heavy atom. The van der Waals surface area contributed by atoms with Crippen molar-refractivity contribution in [3.05, 3.63) is 60.2 Å². The second-order valence-corrected chi connectivity index (χ2v) is 6.51. The number of benzene rings is 2. The molecule has 0 saturated heterocycles. The van der Waals surface area contributed by atoms with Gasteiger partial charge < -0.3 is 4.74 Å². The number of carbonyl (C=O) groups is 1. The molecule has 1 amide bonds. The van der Waals surface area contributed by atoms with Gasteiger partial charge in [-0.3, -0.25) is 9.69 Å². The first-order chi connectivity index (χ1) is 12.2. The Morgan fingerprint density at radius 1 is 1.08 bits per heavy atom. The molecule has 0 radical (unpaired) electrons. The number of anilines is 1. The molecule has 0 bridgehead atoms. The fraction of sp³-hybridized carbons (Fsp3) is 0.211. The van der Waals surface area contributed by atoms with Crippen LogP contribution in [0.3, 0.4) is 0 Å². The number of hydrogen-bond donors (Lipinski definition) is 0. The average molecular weight is 353 g/mol. The Morgan fingerprint density at radius 2 is 1.80 bits per heavy atom. The van der Waals surface area contributed by atoms with Crippen molar-refractivity contribution in [2.75, 3.05) is 19.1 Å². The van der Waals surface area contributed by atoms with Gasteiger partial charge in [0.25, 0.3) is 0 Å². The largest absolute Gasteiger partial charge is 0.497 e. The van der Waals surface area contributed by atoms with Crippen LogP contribution < -0.4 is 9.64 Å². The maximum Gasteiger partial charge on any atom is 0.228 e. The molecule has 0 N–H and O–H groups in total. The zero-order valence-corrected chi connectivity index (χ0v) is 15.0. The van der Waals surface area contributed by atoms with Crippen molar-refractivity contribution in [3.63, 3.8) is 0 Å². The summed E-state index contributed by atoms with van der Waals surface area (Å²) in [5.41, 5.74) is 2.11. The van der Waals surface area contributed by atoms with E-state index in [2.05, 4.69) is 10.2 Å². The molecule has 0 aliphatic heterocycles. The van der Waals surface area contributed by atoms with Crippen molar-refractivity contribution in [2.24, 2.45) is 0 Å². The summed E-state index contributed by atoms with van der Waals surface area (Å²) >= 11 is 1.40. The van der Waals surface area contributed by atoms with Crippen molar-refractivity contribution in [1.29, 1.82) is 0 Å². The number of ether oxygens (including phenoxy) is 1. The van der Waals surface area contributed by atoms with Gasteiger partial charge in [-0.25, -0.2) is 0 Å². The molecule has 0 atom stereocenters. The van der Waals surface area contributed by atoms with Crippen LogP contribution in [0.1, 0.15) is 12.0 Å². The summed E-state index contributed by atoms with van der Waals surface area (Å²) in [7, 11) is 3.37. The summed E-state index contributed by atoms with van der Waals surface area (Å²) in [6, 6.07) is 17.6. The van der Waals surface area contributed by atoms with Gasteiger partial charge in [-0.05, 0) is 36.2 Å². The lowest BCUT2D eigenvalue weighted by Crippen LogP contribution is -2.26. The molecule has 1 aromatic heterocycles. The first kappa shape index (κ1) is 17.1. The lowest BCUT2D eigenvalue weighted by Gasteiger charge is -2.12. The molecule has 2 aromatic carbocycles. The molecule has 0 aliphatic rings. The minimum Gasteiger partial charge on any atom is -0.497 e. The van der Waals surface area contributed by atoms with Gasteiger partial charge in [-0.1, -0.05) is 41.7 Å². The van der Waals surface area contributed by atoms with Gasteiger partial charge in [0.05, 0.1) is 7.11 Å². The molecule has 5 nitrogen and oxygen atoms in total. The number of hydrogen-bond acceptors (Lipinski definition) is 5. The zero-order chi connectivity index (χ0) is 17.6. The highest BCUT2D eigenvalue weighted by Crippen LogP contribution is 2.29. The third kappa shape index (κ3) is 4.22. The summed E-state index contributed by atoms with van der Waals surface area (Å²) in [4.78, 5) is 14.0. The molecular weight excluding hydrogens is 334 g/mol. The van der Waals surface area contributed by atoms with Crippen LogP contribution in [0.5, 0.6) is 5.75 Å². The molecule has 1 heterocycles. The van der Waals surface area contributed by atoms with E-state index in [-0.39, 0.29) is 5.91 Å². The minimum absolute atomic E-state index is 0.0290. The minimum atomic E-state index is 0.0290. The van der Waals surface area contributed by atoms with E-state index in [0.29, 0.717) is 18.0 Å². The molecule has 0 aliphatic carbocycles. The average Bonchev–Trinajstić information content (AvgIpc) is 3.16. The van der Waals surface area contributed by atoms with Crippen LogP contribution in [0, 0.1) is 0 Å². The van der Waals surface area contributed by atoms with Crippen LogP contribution in [0.15, 0.2) is 54.6 Å². The predicted octanol–water partition coefficient (Wildman–Crippen LogP) is 3.81. The maximum absolute atomic E-state index is 12.4. The number of aromatic nitrogens is 2. The summed E-state index contributed by atoms with van der Waals surface area (Å²) in [5, 5.41) is 9.73. The van der Waals surface area contributed by atoms with Gasteiger partial charge >= 0.3 is 0 Å². The van der Waals surface area contributed by atoms with Crippen LogP contribution in [-0.4, -0.2) is 30.3 Å². The van der Waals surface area contributed by atoms with Gasteiger partial charge in [0.1, 0.15) is 10.8 Å². The number of nitrogens with zero attached hydrogens (tertiary/aromatic N) is 3. The normalized spacial score (nSPS) is 10.5. The topological polar surface area (TPSA) is 55.3 Å². The molecule has 0 saturated carbocycles. The Labute approximate surface area is 150 Å². The molecule has 25 heavy (non-hydrogen) atoms. The first-order valence-electron chi connectivity index (χ1n) is 7.96. The molecule has 0 spiro atoms. The molecule has 3 aromatic rings. The maximum atomic E-state index is 12.4. The van der Waals surface area contributed by atoms with Gasteiger partial charge in [0.2, 0.25) is 11.0 Å². The molecular formula is C19H19N3O2S. The molecule has 0 unspecified atom stereocenters. The van der Waals surface area contributed by atoms with Crippen molar-refractivity contribution < 1.29 is 9.53 Å². The van der Waals surface area contributed by atoms with Crippen molar-refractivity contribution in [1.82, 2.24) is 10.2 Å². The van der Waals surface area contributed by atoms with E-state index in [1.165, 1.54) is 11.3 Å². The van der Waals surface area contributed by atoms with Gasteiger partial charge in [0, 0.05) is 19.0 Å². The van der Waals surface area contributed by atoms with Crippen LogP contribution in [0.25, 0.3) is 10.6 Å². The van der Waals surface area contributed by atoms with Crippen LogP contribution in [0.2, 0.25) is 0 Å². The van der Waals surface area contributed by atoms with Crippen LogP contribution in [0.4, 0.5) is 5.13 Å². The first-order valence-corrected chi connectivity index (χ1v) is 8.77. The quantitative estimate of drug-likeness (QED) is 0.676. The Kier molecular flexibility index (Phi) is 5.40. The number of rotatable bonds is 6. The third-order valence-corrected chi connectivity index (χ3v) is 4.93. The summed E-state index contributed by atoms with van der Waals surface area (Å²) in [6.07, 6.45) is 1.16. The van der Waals surface area contributed by atoms with Gasteiger partial charge in [-0.15, -0.1) is 10.2 Å². The number of carbonyl (C=O) groups excluding carboxylic acids is 1. The smallest absolute Gasteiger partial charge is 0.228 e. The second kappa shape index (κ2) is 7.90. The molecule has 0 fully saturated rings. The second-order valence-electron chi connectivity index (χ2n) is 5.56. The van der Waals surface area contributed by atoms with E-state index >= 15 is 0 Å². The highest BCUT2D eigenvalue weighted by atomic mass is 32.1. The Bertz CT molecular complexity index is 831. The zero-order valence-electron chi connectivity index (χ0n) is 14.2. The molecule has 3 rings (SSSR count). The molecule has 6 heteroatoms. The summed E-state index contributed by atoms with van der Waals surface area (Å²) in [5.74, 6) is 0.822. The van der Waals surface area contributed by atoms with Crippen LogP contribution in [-0.2, 0) is 11.2 Å². The predicted molar refractivity (Wildman–Crippen MR) is 100 cm³/mol. The van der Waals surface area contributed by atoms with Gasteiger partial charge in [0.15, 0.2) is 0 Å². The van der Waals surface area contributed by atoms with Gasteiger partial charge in [-0.2, -0.15) is 0 Å². The van der Waals surface area contributed by atoms with E-state index in [1.54, 1.807) is 19.1 Å². The van der Waals surface area contributed by atoms with E-state index in [9.17, 15) is 4.79 Å². The lowest BCUT2D eigenvalue weighted by molar-refractivity contribution is -0.118. The van der Waals surface area contributed by atoms with E-state index in [0.717, 1.165) is 21.9 Å². The molecule has 128 valence electrons. The highest BCUT2D eigenvalue weighted by molar-refractivity contribution is 7.18. The Balaban J connectivity index is 1.65. The number of methoxy groups -OCH3 is 1. The summed E-state index contributed by atoms with van der Waals surface area (Å²) in [6.45, 7) is 0. The van der Waals surface area contributed by atoms with Crippen molar-refractivity contribution >= 4 is 22.4 Å². The van der Waals surface area contributed by atoms with Crippen LogP contribution >= 0.6 is 11.3 Å².